The normalized spacial score (nSPS) is 22.0. The first kappa shape index (κ1) is 15.6. The lowest BCUT2D eigenvalue weighted by Gasteiger charge is -2.31. The molecule has 1 aromatic rings. The van der Waals surface area contributed by atoms with Gasteiger partial charge < -0.3 is 9.84 Å². The van der Waals surface area contributed by atoms with Crippen molar-refractivity contribution in [3.8, 4) is 0 Å². The SMILES string of the molecule is O=C(O)C1(Cc2cccc([N+](=O)[O-])c2Br)COCCC1=O. The van der Waals surface area contributed by atoms with E-state index >= 15 is 0 Å². The van der Waals surface area contributed by atoms with Crippen LogP contribution in [0.25, 0.3) is 0 Å². The lowest BCUT2D eigenvalue weighted by atomic mass is 9.76. The molecule has 7 nitrogen and oxygen atoms in total. The topological polar surface area (TPSA) is 107 Å². The molecule has 21 heavy (non-hydrogen) atoms. The lowest BCUT2D eigenvalue weighted by molar-refractivity contribution is -0.385. The van der Waals surface area contributed by atoms with Gasteiger partial charge in [0, 0.05) is 12.5 Å². The van der Waals surface area contributed by atoms with Gasteiger partial charge in [-0.05, 0) is 27.9 Å². The fourth-order valence-electron chi connectivity index (χ4n) is 2.31. The Bertz CT molecular complexity index is 617. The maximum absolute atomic E-state index is 12.1. The Balaban J connectivity index is 2.43. The van der Waals surface area contributed by atoms with Gasteiger partial charge >= 0.3 is 5.97 Å². The zero-order valence-corrected chi connectivity index (χ0v) is 12.5. The molecule has 1 heterocycles. The molecule has 2 rings (SSSR count). The molecule has 0 bridgehead atoms. The quantitative estimate of drug-likeness (QED) is 0.501. The number of Topliss-reactive ketones (excluding diaryl/α,β-unsaturated/α-hetero) is 1. The van der Waals surface area contributed by atoms with Crippen molar-refractivity contribution >= 4 is 33.4 Å². The summed E-state index contributed by atoms with van der Waals surface area (Å²) < 4.78 is 5.34. The summed E-state index contributed by atoms with van der Waals surface area (Å²) in [6, 6.07) is 4.33. The Morgan fingerprint density at radius 1 is 1.52 bits per heavy atom. The molecule has 1 atom stereocenters. The van der Waals surface area contributed by atoms with E-state index in [1.54, 1.807) is 6.07 Å². The largest absolute Gasteiger partial charge is 0.480 e. The van der Waals surface area contributed by atoms with Crippen LogP contribution in [0.2, 0.25) is 0 Å². The second kappa shape index (κ2) is 5.90. The molecular formula is C13H12BrNO6. The molecular weight excluding hydrogens is 346 g/mol. The second-order valence-corrected chi connectivity index (χ2v) is 5.59. The van der Waals surface area contributed by atoms with Crippen LogP contribution in [0.15, 0.2) is 22.7 Å². The predicted molar refractivity (Wildman–Crippen MR) is 75.0 cm³/mol. The molecule has 1 aliphatic rings. The summed E-state index contributed by atoms with van der Waals surface area (Å²) in [6.45, 7) is -0.0275. The number of hydrogen-bond donors (Lipinski definition) is 1. The monoisotopic (exact) mass is 357 g/mol. The van der Waals surface area contributed by atoms with Gasteiger partial charge in [0.15, 0.2) is 11.2 Å². The van der Waals surface area contributed by atoms with Gasteiger partial charge in [0.05, 0.1) is 22.6 Å². The van der Waals surface area contributed by atoms with E-state index in [-0.39, 0.29) is 36.2 Å². The third kappa shape index (κ3) is 2.81. The fraction of sp³-hybridized carbons (Fsp3) is 0.385. The van der Waals surface area contributed by atoms with E-state index in [0.717, 1.165) is 0 Å². The number of aliphatic carboxylic acids is 1. The van der Waals surface area contributed by atoms with Crippen LogP contribution in [-0.2, 0) is 20.7 Å². The lowest BCUT2D eigenvalue weighted by Crippen LogP contribution is -2.48. The van der Waals surface area contributed by atoms with Crippen molar-refractivity contribution < 1.29 is 24.4 Å². The van der Waals surface area contributed by atoms with E-state index in [2.05, 4.69) is 15.9 Å². The van der Waals surface area contributed by atoms with Crippen molar-refractivity contribution in [2.45, 2.75) is 12.8 Å². The van der Waals surface area contributed by atoms with Gasteiger partial charge in [-0.25, -0.2) is 0 Å². The molecule has 0 aliphatic carbocycles. The van der Waals surface area contributed by atoms with Crippen molar-refractivity contribution in [2.24, 2.45) is 5.41 Å². The van der Waals surface area contributed by atoms with Crippen molar-refractivity contribution in [2.75, 3.05) is 13.2 Å². The third-order valence-electron chi connectivity index (χ3n) is 3.51. The number of benzene rings is 1. The Kier molecular flexibility index (Phi) is 4.38. The maximum atomic E-state index is 12.1. The van der Waals surface area contributed by atoms with Gasteiger partial charge in [-0.2, -0.15) is 0 Å². The highest BCUT2D eigenvalue weighted by atomic mass is 79.9. The first-order valence-corrected chi connectivity index (χ1v) is 6.94. The zero-order chi connectivity index (χ0) is 15.6. The van der Waals surface area contributed by atoms with Crippen molar-refractivity contribution in [3.05, 3.63) is 38.3 Å². The van der Waals surface area contributed by atoms with E-state index in [1.807, 2.05) is 0 Å². The molecule has 1 aliphatic heterocycles. The second-order valence-electron chi connectivity index (χ2n) is 4.80. The Hall–Kier alpha value is -1.80. The minimum Gasteiger partial charge on any atom is -0.480 e. The highest BCUT2D eigenvalue weighted by molar-refractivity contribution is 9.10. The van der Waals surface area contributed by atoms with Crippen molar-refractivity contribution in [1.82, 2.24) is 0 Å². The number of ether oxygens (including phenoxy) is 1. The van der Waals surface area contributed by atoms with E-state index < -0.39 is 22.1 Å². The molecule has 8 heteroatoms. The van der Waals surface area contributed by atoms with Crippen LogP contribution < -0.4 is 0 Å². The van der Waals surface area contributed by atoms with E-state index in [4.69, 9.17) is 4.74 Å². The van der Waals surface area contributed by atoms with E-state index in [0.29, 0.717) is 5.56 Å². The third-order valence-corrected chi connectivity index (χ3v) is 4.43. The summed E-state index contributed by atoms with van der Waals surface area (Å²) >= 11 is 3.12. The maximum Gasteiger partial charge on any atom is 0.319 e. The molecule has 1 aromatic carbocycles. The van der Waals surface area contributed by atoms with E-state index in [9.17, 15) is 24.8 Å². The molecule has 0 saturated carbocycles. The predicted octanol–water partition coefficient (Wildman–Crippen LogP) is 1.96. The van der Waals surface area contributed by atoms with Crippen LogP contribution in [0.5, 0.6) is 0 Å². The Morgan fingerprint density at radius 3 is 2.81 bits per heavy atom. The number of carboxylic acid groups (broad SMARTS) is 1. The molecule has 1 fully saturated rings. The minimum absolute atomic E-state index is 0.0266. The number of carboxylic acids is 1. The van der Waals surface area contributed by atoms with E-state index in [1.165, 1.54) is 12.1 Å². The van der Waals surface area contributed by atoms with Crippen LogP contribution in [0, 0.1) is 15.5 Å². The molecule has 0 spiro atoms. The number of rotatable bonds is 4. The number of carbonyl (C=O) groups excluding carboxylic acids is 1. The summed E-state index contributed by atoms with van der Waals surface area (Å²) in [6.07, 6.45) is -0.123. The number of nitro benzene ring substituents is 1. The minimum atomic E-state index is -1.68. The van der Waals surface area contributed by atoms with Crippen LogP contribution in [0.1, 0.15) is 12.0 Å². The summed E-state index contributed by atoms with van der Waals surface area (Å²) in [5, 5.41) is 20.4. The number of hydrogen-bond acceptors (Lipinski definition) is 5. The summed E-state index contributed by atoms with van der Waals surface area (Å²) in [5.41, 5.74) is -1.46. The number of halogens is 1. The van der Waals surface area contributed by atoms with Gasteiger partial charge in [-0.15, -0.1) is 0 Å². The number of ketones is 1. The standard InChI is InChI=1S/C13H12BrNO6/c14-11-8(2-1-3-9(11)15(19)20)6-13(12(17)18)7-21-5-4-10(13)16/h1-3H,4-7H2,(H,17,18). The zero-order valence-electron chi connectivity index (χ0n) is 10.9. The van der Waals surface area contributed by atoms with Crippen LogP contribution >= 0.6 is 15.9 Å². The van der Waals surface area contributed by atoms with Gasteiger partial charge in [0.2, 0.25) is 0 Å². The van der Waals surface area contributed by atoms with Gasteiger partial charge in [0.1, 0.15) is 0 Å². The highest BCUT2D eigenvalue weighted by Gasteiger charge is 2.48. The fourth-order valence-corrected chi connectivity index (χ4v) is 2.86. The van der Waals surface area contributed by atoms with Crippen molar-refractivity contribution in [1.29, 1.82) is 0 Å². The highest BCUT2D eigenvalue weighted by Crippen LogP contribution is 2.36. The number of nitro groups is 1. The van der Waals surface area contributed by atoms with Gasteiger partial charge in [-0.1, -0.05) is 12.1 Å². The van der Waals surface area contributed by atoms with Crippen LogP contribution in [-0.4, -0.2) is 35.0 Å². The molecule has 1 unspecified atom stereocenters. The van der Waals surface area contributed by atoms with Gasteiger partial charge in [-0.3, -0.25) is 19.7 Å². The number of carbonyl (C=O) groups is 2. The molecule has 0 aromatic heterocycles. The van der Waals surface area contributed by atoms with Gasteiger partial charge in [0.25, 0.3) is 5.69 Å². The molecule has 0 radical (unpaired) electrons. The molecule has 1 N–H and O–H groups in total. The van der Waals surface area contributed by atoms with Crippen molar-refractivity contribution in [3.63, 3.8) is 0 Å². The summed E-state index contributed by atoms with van der Waals surface area (Å²) in [7, 11) is 0. The van der Waals surface area contributed by atoms with Crippen LogP contribution in [0.4, 0.5) is 5.69 Å². The average molecular weight is 358 g/mol. The first-order chi connectivity index (χ1) is 9.88. The van der Waals surface area contributed by atoms with Crippen LogP contribution in [0.3, 0.4) is 0 Å². The summed E-state index contributed by atoms with van der Waals surface area (Å²) in [4.78, 5) is 34.0. The Morgan fingerprint density at radius 2 is 2.24 bits per heavy atom. The smallest absolute Gasteiger partial charge is 0.319 e. The molecule has 1 saturated heterocycles. The first-order valence-electron chi connectivity index (χ1n) is 6.15. The summed E-state index contributed by atoms with van der Waals surface area (Å²) in [5.74, 6) is -1.69. The Labute approximate surface area is 128 Å². The number of nitrogens with zero attached hydrogens (tertiary/aromatic N) is 1. The molecule has 112 valence electrons. The average Bonchev–Trinajstić information content (AvgIpc) is 2.43. The molecule has 0 amide bonds.